The van der Waals surface area contributed by atoms with E-state index in [-0.39, 0.29) is 17.1 Å². The number of aryl methyl sites for hydroxylation is 1. The summed E-state index contributed by atoms with van der Waals surface area (Å²) in [5.74, 6) is 0.106. The fourth-order valence-electron chi connectivity index (χ4n) is 4.78. The fraction of sp³-hybridized carbons (Fsp3) is 0.278. The van der Waals surface area contributed by atoms with Gasteiger partial charge >= 0.3 is 16.1 Å². The van der Waals surface area contributed by atoms with E-state index in [4.69, 9.17) is 23.4 Å². The van der Waals surface area contributed by atoms with Gasteiger partial charge in [-0.1, -0.05) is 78.4 Å². The first-order chi connectivity index (χ1) is 21.3. The minimum Gasteiger partial charge on any atom is -0.493 e. The van der Waals surface area contributed by atoms with Gasteiger partial charge < -0.3 is 18.4 Å². The van der Waals surface area contributed by atoms with E-state index >= 15 is 0 Å². The second-order valence-electron chi connectivity index (χ2n) is 11.5. The molecule has 4 aromatic rings. The number of esters is 1. The van der Waals surface area contributed by atoms with E-state index in [1.165, 1.54) is 26.4 Å². The van der Waals surface area contributed by atoms with Gasteiger partial charge in [-0.2, -0.15) is 8.42 Å². The second-order valence-corrected chi connectivity index (χ2v) is 13.1. The molecule has 0 saturated heterocycles. The van der Waals surface area contributed by atoms with Crippen LogP contribution in [0.15, 0.2) is 101 Å². The van der Waals surface area contributed by atoms with Crippen LogP contribution >= 0.6 is 0 Å². The lowest BCUT2D eigenvalue weighted by Crippen LogP contribution is -2.33. The van der Waals surface area contributed by atoms with Crippen molar-refractivity contribution in [2.75, 3.05) is 14.2 Å². The van der Waals surface area contributed by atoms with Crippen LogP contribution in [0.25, 0.3) is 0 Å². The number of hydrogen-bond donors (Lipinski definition) is 0. The average molecular weight is 630 g/mol. The highest BCUT2D eigenvalue weighted by Crippen LogP contribution is 2.42. The van der Waals surface area contributed by atoms with Crippen molar-refractivity contribution in [2.24, 2.45) is 4.99 Å². The zero-order valence-corrected chi connectivity index (χ0v) is 27.5. The Morgan fingerprint density at radius 2 is 1.36 bits per heavy atom. The number of carbonyl (C=O) groups excluding carboxylic acids is 1. The highest BCUT2D eigenvalue weighted by molar-refractivity contribution is 7.87. The number of hydrogen-bond acceptors (Lipinski definition) is 8. The Hall–Kier alpha value is -4.63. The Labute approximate surface area is 265 Å². The number of aliphatic imine (C=N–C) groups is 1. The van der Waals surface area contributed by atoms with E-state index in [1.54, 1.807) is 45.9 Å². The van der Waals surface area contributed by atoms with Crippen LogP contribution in [-0.4, -0.2) is 46.0 Å². The number of carbonyl (C=O) groups is 1. The molecule has 0 aliphatic heterocycles. The van der Waals surface area contributed by atoms with Crippen LogP contribution in [0.1, 0.15) is 48.6 Å². The lowest BCUT2D eigenvalue weighted by Gasteiger charge is -2.24. The van der Waals surface area contributed by atoms with Crippen LogP contribution in [0.5, 0.6) is 17.2 Å². The van der Waals surface area contributed by atoms with Crippen LogP contribution in [0.3, 0.4) is 0 Å². The molecule has 8 nitrogen and oxygen atoms in total. The molecule has 0 aliphatic carbocycles. The van der Waals surface area contributed by atoms with Gasteiger partial charge in [0, 0.05) is 28.7 Å². The predicted molar refractivity (Wildman–Crippen MR) is 175 cm³/mol. The lowest BCUT2D eigenvalue weighted by molar-refractivity contribution is -0.156. The predicted octanol–water partition coefficient (Wildman–Crippen LogP) is 6.88. The monoisotopic (exact) mass is 629 g/mol. The number of methoxy groups -OCH3 is 2. The van der Waals surface area contributed by atoms with Gasteiger partial charge in [0.1, 0.15) is 10.5 Å². The summed E-state index contributed by atoms with van der Waals surface area (Å²) in [4.78, 5) is 18.8. The number of rotatable bonds is 11. The molecule has 0 amide bonds. The molecule has 0 heterocycles. The molecule has 0 aromatic heterocycles. The summed E-state index contributed by atoms with van der Waals surface area (Å²) in [6, 6.07) is 26.0. The van der Waals surface area contributed by atoms with Gasteiger partial charge in [0.25, 0.3) is 0 Å². The molecule has 0 spiro atoms. The molecule has 0 aliphatic rings. The topological polar surface area (TPSA) is 100 Å². The minimum absolute atomic E-state index is 0.00890. The van der Waals surface area contributed by atoms with Gasteiger partial charge in [-0.05, 0) is 52.8 Å². The van der Waals surface area contributed by atoms with Crippen LogP contribution in [0.4, 0.5) is 0 Å². The summed E-state index contributed by atoms with van der Waals surface area (Å²) >= 11 is 0. The van der Waals surface area contributed by atoms with Crippen LogP contribution < -0.4 is 13.7 Å². The van der Waals surface area contributed by atoms with Gasteiger partial charge in [-0.3, -0.25) is 4.99 Å². The smallest absolute Gasteiger partial charge is 0.339 e. The molecule has 0 saturated carbocycles. The molecule has 0 bridgehead atoms. The van der Waals surface area contributed by atoms with E-state index < -0.39 is 27.7 Å². The molecule has 4 rings (SSSR count). The van der Waals surface area contributed by atoms with Gasteiger partial charge in [0.05, 0.1) is 19.9 Å². The number of benzene rings is 4. The summed E-state index contributed by atoms with van der Waals surface area (Å²) in [5.41, 5.74) is 3.06. The largest absolute Gasteiger partial charge is 0.493 e. The van der Waals surface area contributed by atoms with Crippen LogP contribution in [0, 0.1) is 13.8 Å². The number of ether oxygens (including phenoxy) is 3. The number of nitrogens with zero attached hydrogens (tertiary/aromatic N) is 1. The lowest BCUT2D eigenvalue weighted by atomic mass is 9.98. The minimum atomic E-state index is -4.26. The Morgan fingerprint density at radius 1 is 0.800 bits per heavy atom. The molecular weight excluding hydrogens is 590 g/mol. The highest BCUT2D eigenvalue weighted by Gasteiger charge is 2.31. The normalized spacial score (nSPS) is 12.2. The molecule has 45 heavy (non-hydrogen) atoms. The molecular formula is C36H39NO7S. The third-order valence-electron chi connectivity index (χ3n) is 6.90. The van der Waals surface area contributed by atoms with Crippen molar-refractivity contribution < 1.29 is 31.6 Å². The highest BCUT2D eigenvalue weighted by atomic mass is 32.2. The molecule has 0 radical (unpaired) electrons. The van der Waals surface area contributed by atoms with E-state index in [2.05, 4.69) is 0 Å². The zero-order chi connectivity index (χ0) is 32.8. The second kappa shape index (κ2) is 14.0. The van der Waals surface area contributed by atoms with Gasteiger partial charge in [-0.25, -0.2) is 4.79 Å². The molecule has 4 aromatic carbocycles. The van der Waals surface area contributed by atoms with Crippen LogP contribution in [0.2, 0.25) is 0 Å². The maximum absolute atomic E-state index is 13.8. The third kappa shape index (κ3) is 8.30. The Morgan fingerprint density at radius 3 is 1.84 bits per heavy atom. The summed E-state index contributed by atoms with van der Waals surface area (Å²) in [6.07, 6.45) is -0.0575. The molecule has 236 valence electrons. The van der Waals surface area contributed by atoms with Gasteiger partial charge in [0.15, 0.2) is 23.3 Å². The zero-order valence-electron chi connectivity index (χ0n) is 26.7. The van der Waals surface area contributed by atoms with Crippen molar-refractivity contribution in [3.8, 4) is 17.2 Å². The van der Waals surface area contributed by atoms with E-state index in [0.717, 1.165) is 16.7 Å². The molecule has 9 heteroatoms. The maximum atomic E-state index is 13.8. The molecule has 0 unspecified atom stereocenters. The van der Waals surface area contributed by atoms with E-state index in [1.807, 2.05) is 67.6 Å². The first kappa shape index (κ1) is 33.3. The summed E-state index contributed by atoms with van der Waals surface area (Å²) in [6.45, 7) is 8.89. The Balaban J connectivity index is 1.91. The SMILES string of the molecule is COc1cc(C[C@H](N=C(c2ccccc2)c2ccccc2)C(=O)OC(C)(C)C)c(OS(=O)(=O)c2ccc(C)cc2)c(C)c1OC. The summed E-state index contributed by atoms with van der Waals surface area (Å²) in [7, 11) is -1.32. The molecule has 0 N–H and O–H groups in total. The first-order valence-corrected chi connectivity index (χ1v) is 15.9. The van der Waals surface area contributed by atoms with Gasteiger partial charge in [-0.15, -0.1) is 0 Å². The maximum Gasteiger partial charge on any atom is 0.339 e. The van der Waals surface area contributed by atoms with Gasteiger partial charge in [0.2, 0.25) is 0 Å². The van der Waals surface area contributed by atoms with Crippen molar-refractivity contribution in [1.29, 1.82) is 0 Å². The summed E-state index contributed by atoms with van der Waals surface area (Å²) in [5, 5.41) is 0. The van der Waals surface area contributed by atoms with E-state index in [9.17, 15) is 13.2 Å². The molecule has 1 atom stereocenters. The summed E-state index contributed by atoms with van der Waals surface area (Å²) < 4.78 is 49.9. The van der Waals surface area contributed by atoms with Crippen molar-refractivity contribution in [3.05, 3.63) is 119 Å². The van der Waals surface area contributed by atoms with Crippen molar-refractivity contribution >= 4 is 21.8 Å². The van der Waals surface area contributed by atoms with Crippen molar-refractivity contribution in [3.63, 3.8) is 0 Å². The van der Waals surface area contributed by atoms with Crippen LogP contribution in [-0.2, 0) is 26.1 Å². The fourth-order valence-corrected chi connectivity index (χ4v) is 5.79. The van der Waals surface area contributed by atoms with Crippen molar-refractivity contribution in [2.45, 2.75) is 57.6 Å². The first-order valence-electron chi connectivity index (χ1n) is 14.5. The standard InChI is InChI=1S/C36H39NO7S/c1-24-18-20-29(21-19-24)45(39,40)44-33-25(2)34(42-7)31(41-6)23-28(33)22-30(35(38)43-36(3,4)5)37-32(26-14-10-8-11-15-26)27-16-12-9-13-17-27/h8-21,23,30H,22H2,1-7H3/t30-/m0/s1. The Bertz CT molecular complexity index is 1720. The van der Waals surface area contributed by atoms with Crippen molar-refractivity contribution in [1.82, 2.24) is 0 Å². The average Bonchev–Trinajstić information content (AvgIpc) is 3.00. The molecule has 0 fully saturated rings. The third-order valence-corrected chi connectivity index (χ3v) is 8.14. The quantitative estimate of drug-likeness (QED) is 0.101. The van der Waals surface area contributed by atoms with E-state index in [0.29, 0.717) is 28.3 Å². The Kier molecular flexibility index (Phi) is 10.3.